The van der Waals surface area contributed by atoms with E-state index in [1.165, 1.54) is 12.8 Å². The van der Waals surface area contributed by atoms with E-state index in [1.807, 2.05) is 18.2 Å². The Labute approximate surface area is 96.1 Å². The molecule has 0 radical (unpaired) electrons. The van der Waals surface area contributed by atoms with Crippen LogP contribution in [-0.2, 0) is 0 Å². The predicted octanol–water partition coefficient (Wildman–Crippen LogP) is 2.97. The van der Waals surface area contributed by atoms with E-state index < -0.39 is 0 Å². The normalized spacial score (nSPS) is 15.5. The third-order valence-corrected chi connectivity index (χ3v) is 3.17. The minimum absolute atomic E-state index is 0.613. The van der Waals surface area contributed by atoms with Crippen molar-refractivity contribution in [2.75, 3.05) is 5.32 Å². The maximum Gasteiger partial charge on any atom is 0.137 e. The molecule has 1 aliphatic rings. The summed E-state index contributed by atoms with van der Waals surface area (Å²) in [6.45, 7) is 0. The number of hydrogen-bond acceptors (Lipinski definition) is 3. The Balaban J connectivity index is 2.16. The summed E-state index contributed by atoms with van der Waals surface area (Å²) in [7, 11) is 0. The second kappa shape index (κ2) is 3.45. The van der Waals surface area contributed by atoms with Gasteiger partial charge in [-0.2, -0.15) is 0 Å². The summed E-state index contributed by atoms with van der Waals surface area (Å²) in [5.74, 6) is 0.948. The van der Waals surface area contributed by atoms with E-state index >= 15 is 0 Å². The van der Waals surface area contributed by atoms with Crippen LogP contribution in [0.25, 0.3) is 10.9 Å². The smallest absolute Gasteiger partial charge is 0.137 e. The number of fused-ring (bicyclic) bond motifs is 1. The molecule has 0 aliphatic heterocycles. The highest BCUT2D eigenvalue weighted by Gasteiger charge is 2.22. The topological polar surface area (TPSA) is 37.8 Å². The fraction of sp³-hybridized carbons (Fsp3) is 0.273. The van der Waals surface area contributed by atoms with Gasteiger partial charge in [0.1, 0.15) is 12.1 Å². The summed E-state index contributed by atoms with van der Waals surface area (Å²) in [5.41, 5.74) is 0.968. The van der Waals surface area contributed by atoms with Crippen molar-refractivity contribution >= 4 is 32.7 Å². The average Bonchev–Trinajstić information content (AvgIpc) is 3.04. The monoisotopic (exact) mass is 263 g/mol. The fourth-order valence-electron chi connectivity index (χ4n) is 1.59. The molecule has 15 heavy (non-hydrogen) atoms. The van der Waals surface area contributed by atoms with Crippen molar-refractivity contribution in [3.8, 4) is 0 Å². The first-order valence-electron chi connectivity index (χ1n) is 5.00. The Morgan fingerprint density at radius 1 is 1.27 bits per heavy atom. The zero-order valence-electron chi connectivity index (χ0n) is 8.07. The predicted molar refractivity (Wildman–Crippen MR) is 63.9 cm³/mol. The molecule has 0 atom stereocenters. The first-order valence-corrected chi connectivity index (χ1v) is 5.79. The molecule has 1 aliphatic carbocycles. The maximum absolute atomic E-state index is 4.29. The summed E-state index contributed by atoms with van der Waals surface area (Å²) in [4.78, 5) is 8.56. The van der Waals surface area contributed by atoms with Crippen molar-refractivity contribution in [2.24, 2.45) is 0 Å². The average molecular weight is 264 g/mol. The summed E-state index contributed by atoms with van der Waals surface area (Å²) in [6, 6.07) is 6.66. The Morgan fingerprint density at radius 3 is 2.93 bits per heavy atom. The summed E-state index contributed by atoms with van der Waals surface area (Å²) in [5, 5.41) is 4.50. The molecule has 1 aromatic carbocycles. The van der Waals surface area contributed by atoms with Gasteiger partial charge in [0, 0.05) is 15.9 Å². The van der Waals surface area contributed by atoms with Crippen molar-refractivity contribution in [1.29, 1.82) is 0 Å². The van der Waals surface area contributed by atoms with E-state index in [2.05, 4.69) is 31.2 Å². The molecule has 1 aromatic heterocycles. The quantitative estimate of drug-likeness (QED) is 0.906. The van der Waals surface area contributed by atoms with Crippen LogP contribution in [0.3, 0.4) is 0 Å². The lowest BCUT2D eigenvalue weighted by Crippen LogP contribution is -2.03. The third-order valence-electron chi connectivity index (χ3n) is 2.53. The molecule has 1 N–H and O–H groups in total. The van der Waals surface area contributed by atoms with Gasteiger partial charge in [-0.25, -0.2) is 9.97 Å². The summed E-state index contributed by atoms with van der Waals surface area (Å²) < 4.78 is 1.02. The summed E-state index contributed by atoms with van der Waals surface area (Å²) in [6.07, 6.45) is 4.11. The first kappa shape index (κ1) is 9.09. The Morgan fingerprint density at radius 2 is 2.13 bits per heavy atom. The second-order valence-electron chi connectivity index (χ2n) is 3.78. The number of benzene rings is 1. The maximum atomic E-state index is 4.29. The number of rotatable bonds is 2. The molecule has 0 amide bonds. The van der Waals surface area contributed by atoms with Gasteiger partial charge >= 0.3 is 0 Å². The van der Waals surface area contributed by atoms with Crippen molar-refractivity contribution in [3.05, 3.63) is 29.0 Å². The van der Waals surface area contributed by atoms with Crippen LogP contribution in [0.2, 0.25) is 0 Å². The van der Waals surface area contributed by atoms with E-state index in [4.69, 9.17) is 0 Å². The highest BCUT2D eigenvalue weighted by atomic mass is 79.9. The molecule has 0 unspecified atom stereocenters. The minimum atomic E-state index is 0.613. The van der Waals surface area contributed by atoms with Gasteiger partial charge in [-0.3, -0.25) is 0 Å². The van der Waals surface area contributed by atoms with E-state index in [1.54, 1.807) is 6.33 Å². The number of halogens is 1. The molecule has 1 heterocycles. The molecule has 2 aromatic rings. The van der Waals surface area contributed by atoms with Crippen molar-refractivity contribution in [1.82, 2.24) is 9.97 Å². The molecule has 0 spiro atoms. The lowest BCUT2D eigenvalue weighted by molar-refractivity contribution is 1.10. The van der Waals surface area contributed by atoms with Crippen LogP contribution in [0.5, 0.6) is 0 Å². The van der Waals surface area contributed by atoms with Gasteiger partial charge in [-0.1, -0.05) is 6.07 Å². The van der Waals surface area contributed by atoms with Gasteiger partial charge in [0.05, 0.1) is 5.52 Å². The van der Waals surface area contributed by atoms with Crippen LogP contribution < -0.4 is 5.32 Å². The van der Waals surface area contributed by atoms with Gasteiger partial charge in [0.2, 0.25) is 0 Å². The molecular formula is C11H10BrN3. The van der Waals surface area contributed by atoms with Crippen molar-refractivity contribution in [3.63, 3.8) is 0 Å². The Hall–Kier alpha value is -1.16. The lowest BCUT2D eigenvalue weighted by atomic mass is 10.2. The van der Waals surface area contributed by atoms with Gasteiger partial charge in [-0.15, -0.1) is 0 Å². The molecule has 0 bridgehead atoms. The number of para-hydroxylation sites is 1. The molecule has 4 heteroatoms. The van der Waals surface area contributed by atoms with Gasteiger partial charge in [0.15, 0.2) is 0 Å². The number of nitrogens with zero attached hydrogens (tertiary/aromatic N) is 2. The van der Waals surface area contributed by atoms with Crippen LogP contribution >= 0.6 is 15.9 Å². The lowest BCUT2D eigenvalue weighted by Gasteiger charge is -2.07. The second-order valence-corrected chi connectivity index (χ2v) is 4.63. The van der Waals surface area contributed by atoms with Crippen LogP contribution in [0.15, 0.2) is 29.0 Å². The number of nitrogens with one attached hydrogen (secondary N) is 1. The molecule has 1 fully saturated rings. The minimum Gasteiger partial charge on any atom is -0.367 e. The van der Waals surface area contributed by atoms with Crippen molar-refractivity contribution in [2.45, 2.75) is 18.9 Å². The zero-order valence-corrected chi connectivity index (χ0v) is 9.66. The SMILES string of the molecule is Brc1cccc2c(NC3CC3)ncnc12. The molecule has 3 nitrogen and oxygen atoms in total. The van der Waals surface area contributed by atoms with Gasteiger partial charge < -0.3 is 5.32 Å². The van der Waals surface area contributed by atoms with Crippen LogP contribution in [0.1, 0.15) is 12.8 Å². The van der Waals surface area contributed by atoms with Gasteiger partial charge in [0.25, 0.3) is 0 Å². The van der Waals surface area contributed by atoms with E-state index in [9.17, 15) is 0 Å². The standard InChI is InChI=1S/C11H10BrN3/c12-9-3-1-2-8-10(9)13-6-14-11(8)15-7-4-5-7/h1-3,6-7H,4-5H2,(H,13,14,15). The largest absolute Gasteiger partial charge is 0.367 e. The van der Waals surface area contributed by atoms with E-state index in [0.29, 0.717) is 6.04 Å². The Kier molecular flexibility index (Phi) is 2.09. The molecule has 0 saturated heterocycles. The van der Waals surface area contributed by atoms with E-state index in [-0.39, 0.29) is 0 Å². The van der Waals surface area contributed by atoms with E-state index in [0.717, 1.165) is 21.2 Å². The van der Waals surface area contributed by atoms with Crippen LogP contribution in [0, 0.1) is 0 Å². The number of anilines is 1. The molecule has 3 rings (SSSR count). The van der Waals surface area contributed by atoms with Gasteiger partial charge in [-0.05, 0) is 40.9 Å². The zero-order chi connectivity index (χ0) is 10.3. The molecule has 76 valence electrons. The third kappa shape index (κ3) is 1.69. The van der Waals surface area contributed by atoms with Crippen molar-refractivity contribution < 1.29 is 0 Å². The van der Waals surface area contributed by atoms with Crippen LogP contribution in [0.4, 0.5) is 5.82 Å². The highest BCUT2D eigenvalue weighted by Crippen LogP contribution is 2.29. The number of aromatic nitrogens is 2. The van der Waals surface area contributed by atoms with Crippen LogP contribution in [-0.4, -0.2) is 16.0 Å². The molecule has 1 saturated carbocycles. The Bertz CT molecular complexity index is 508. The summed E-state index contributed by atoms with van der Waals surface area (Å²) >= 11 is 3.49. The highest BCUT2D eigenvalue weighted by molar-refractivity contribution is 9.10. The fourth-order valence-corrected chi connectivity index (χ4v) is 2.06. The number of hydrogen-bond donors (Lipinski definition) is 1. The molecular weight excluding hydrogens is 254 g/mol. The first-order chi connectivity index (χ1) is 7.34.